The van der Waals surface area contributed by atoms with Gasteiger partial charge in [0.1, 0.15) is 0 Å². The van der Waals surface area contributed by atoms with Crippen molar-refractivity contribution in [3.05, 3.63) is 196 Å². The highest BCUT2D eigenvalue weighted by Gasteiger charge is 2.32. The Balaban J connectivity index is 0.000000139. The average Bonchev–Trinajstić information content (AvgIpc) is 4.25. The second-order valence-corrected chi connectivity index (χ2v) is 26.6. The van der Waals surface area contributed by atoms with Gasteiger partial charge < -0.3 is 29.2 Å². The van der Waals surface area contributed by atoms with Crippen LogP contribution in [0.3, 0.4) is 0 Å². The number of carbonyl (C=O) groups excluding carboxylic acids is 1. The minimum absolute atomic E-state index is 0.0482. The molecule has 5 aromatic carbocycles. The molecule has 0 fully saturated rings. The van der Waals surface area contributed by atoms with Gasteiger partial charge in [0.2, 0.25) is 0 Å². The Morgan fingerprint density at radius 3 is 1.81 bits per heavy atom. The highest BCUT2D eigenvalue weighted by atomic mass is 16.5. The summed E-state index contributed by atoms with van der Waals surface area (Å²) < 4.78 is 9.36. The van der Waals surface area contributed by atoms with Crippen molar-refractivity contribution in [2.24, 2.45) is 10.8 Å². The first kappa shape index (κ1) is 60.7. The SMILES string of the molecule is CC(C)(C)C1CNc2ccccc21.CC(C)(C)C1Cc2ccccc2N1.CC(C)(C)c1noc2ccccc12.CC(C)(C)n1cc2ccccc2c1.CC(C)N1CCc2ccccc2C1=O.CC(C)N1CCn2c(cccc2=O)C1. The van der Waals surface area contributed by atoms with Gasteiger partial charge in [0, 0.05) is 114 Å². The monoisotopic (exact) mass is 1080 g/mol. The molecule has 4 aliphatic heterocycles. The summed E-state index contributed by atoms with van der Waals surface area (Å²) >= 11 is 0. The molecule has 12 rings (SSSR count). The van der Waals surface area contributed by atoms with Gasteiger partial charge >= 0.3 is 0 Å². The first-order valence-corrected chi connectivity index (χ1v) is 29.1. The average molecular weight is 1080 g/mol. The molecule has 80 heavy (non-hydrogen) atoms. The lowest BCUT2D eigenvalue weighted by molar-refractivity contribution is 0.0688. The van der Waals surface area contributed by atoms with Crippen molar-refractivity contribution < 1.29 is 9.32 Å². The van der Waals surface area contributed by atoms with Crippen molar-refractivity contribution in [1.82, 2.24) is 24.1 Å². The number of fused-ring (bicyclic) bond motifs is 6. The van der Waals surface area contributed by atoms with Crippen LogP contribution < -0.4 is 16.2 Å². The third kappa shape index (κ3) is 15.5. The second kappa shape index (κ2) is 25.7. The molecule has 0 saturated carbocycles. The fraction of sp³-hybridized carbons (Fsp3) is 0.443. The first-order chi connectivity index (χ1) is 37.7. The van der Waals surface area contributed by atoms with Gasteiger partial charge in [-0.3, -0.25) is 14.5 Å². The lowest BCUT2D eigenvalue weighted by atomic mass is 9.78. The molecule has 1 amide bonds. The fourth-order valence-corrected chi connectivity index (χ4v) is 10.6. The fourth-order valence-electron chi connectivity index (χ4n) is 10.6. The maximum absolute atomic E-state index is 12.0. The predicted octanol–water partition coefficient (Wildman–Crippen LogP) is 16.0. The number of aromatic nitrogens is 3. The number of carbonyl (C=O) groups is 1. The molecule has 2 atom stereocenters. The number of hydrogen-bond donors (Lipinski definition) is 2. The molecule has 0 saturated heterocycles. The van der Waals surface area contributed by atoms with Crippen LogP contribution in [0, 0.1) is 10.8 Å². The van der Waals surface area contributed by atoms with E-state index in [0.717, 1.165) is 67.1 Å². The van der Waals surface area contributed by atoms with E-state index in [1.807, 2.05) is 70.1 Å². The largest absolute Gasteiger partial charge is 0.384 e. The van der Waals surface area contributed by atoms with Crippen molar-refractivity contribution in [2.45, 2.75) is 172 Å². The summed E-state index contributed by atoms with van der Waals surface area (Å²) in [7, 11) is 0. The Kier molecular flexibility index (Phi) is 19.5. The molecule has 10 heteroatoms. The van der Waals surface area contributed by atoms with E-state index >= 15 is 0 Å². The van der Waals surface area contributed by atoms with Crippen molar-refractivity contribution in [2.75, 3.05) is 30.3 Å². The second-order valence-electron chi connectivity index (χ2n) is 26.6. The predicted molar refractivity (Wildman–Crippen MR) is 336 cm³/mol. The molecule has 7 heterocycles. The van der Waals surface area contributed by atoms with Crippen LogP contribution in [0.5, 0.6) is 0 Å². The molecule has 0 aliphatic carbocycles. The summed E-state index contributed by atoms with van der Waals surface area (Å²) in [6, 6.07) is 48.5. The summed E-state index contributed by atoms with van der Waals surface area (Å²) in [5.74, 6) is 0.838. The molecular weight excluding hydrogens is 987 g/mol. The van der Waals surface area contributed by atoms with Gasteiger partial charge in [-0.2, -0.15) is 0 Å². The zero-order valence-corrected chi connectivity index (χ0v) is 51.2. The lowest BCUT2D eigenvalue weighted by Gasteiger charge is -2.32. The molecule has 0 bridgehead atoms. The van der Waals surface area contributed by atoms with Gasteiger partial charge in [-0.1, -0.05) is 165 Å². The van der Waals surface area contributed by atoms with Crippen molar-refractivity contribution in [3.8, 4) is 0 Å². The molecular formula is C70H93N7O3. The summed E-state index contributed by atoms with van der Waals surface area (Å²) in [6.45, 7) is 40.0. The Bertz CT molecular complexity index is 3280. The van der Waals surface area contributed by atoms with Crippen molar-refractivity contribution in [3.63, 3.8) is 0 Å². The van der Waals surface area contributed by atoms with Crippen LogP contribution in [0.25, 0.3) is 21.7 Å². The normalized spacial score (nSPS) is 16.6. The summed E-state index contributed by atoms with van der Waals surface area (Å²) in [4.78, 5) is 27.8. The molecule has 10 nitrogen and oxygen atoms in total. The number of anilines is 2. The molecule has 8 aromatic rings. The van der Waals surface area contributed by atoms with E-state index in [1.165, 1.54) is 45.3 Å². The Hall–Kier alpha value is -6.91. The molecule has 0 spiro atoms. The summed E-state index contributed by atoms with van der Waals surface area (Å²) in [6.07, 6.45) is 6.56. The molecule has 2 unspecified atom stereocenters. The number of benzene rings is 5. The van der Waals surface area contributed by atoms with Crippen LogP contribution in [0.4, 0.5) is 11.4 Å². The Morgan fingerprint density at radius 1 is 0.600 bits per heavy atom. The van der Waals surface area contributed by atoms with E-state index in [2.05, 4.69) is 221 Å². The summed E-state index contributed by atoms with van der Waals surface area (Å²) in [5.41, 5.74) is 11.8. The number of hydrogen-bond acceptors (Lipinski definition) is 7. The standard InChI is InChI=1S/C12H15NO.C12H15N.2C12H17N.C11H16N2O.C11H13NO/c1-9(2)13-8-7-10-5-3-4-6-11(10)12(13)14;1-12(2,3)13-8-10-6-4-5-7-11(10)9-13;1-12(2,3)10-8-13-11-7-5-4-6-9(10)11;1-12(2,3)11-8-9-6-4-5-7-10(9)13-11;1-9(2)12-6-7-13-10(8-12)4-3-5-11(13)14;1-11(2,3)10-8-6-4-5-7-9(8)13-12-10/h3-6,9H,7-8H2,1-2H3;4-9H,1-3H3;4-7,10,13H,8H2,1-3H3;4-7,11,13H,8H2,1-3H3;3-5,9H,6-8H2,1-2H3;4-7H,1-3H3. The smallest absolute Gasteiger partial charge is 0.254 e. The Morgan fingerprint density at radius 2 is 1.20 bits per heavy atom. The maximum atomic E-state index is 12.0. The zero-order valence-electron chi connectivity index (χ0n) is 51.2. The molecule has 426 valence electrons. The lowest BCUT2D eigenvalue weighted by Crippen LogP contribution is -2.41. The number of nitrogens with zero attached hydrogens (tertiary/aromatic N) is 5. The Labute approximate surface area is 479 Å². The number of rotatable bonds is 2. The van der Waals surface area contributed by atoms with Gasteiger partial charge in [-0.25, -0.2) is 0 Å². The summed E-state index contributed by atoms with van der Waals surface area (Å²) in [5, 5.41) is 14.9. The molecule has 3 aromatic heterocycles. The van der Waals surface area contributed by atoms with Gasteiger partial charge in [-0.05, 0) is 136 Å². The van der Waals surface area contributed by atoms with Crippen LogP contribution in [-0.2, 0) is 36.9 Å². The molecule has 4 aliphatic rings. The van der Waals surface area contributed by atoms with Gasteiger partial charge in [0.25, 0.3) is 11.5 Å². The van der Waals surface area contributed by atoms with Crippen molar-refractivity contribution in [1.29, 1.82) is 0 Å². The number of pyridine rings is 1. The van der Waals surface area contributed by atoms with Gasteiger partial charge in [0.05, 0.1) is 5.69 Å². The maximum Gasteiger partial charge on any atom is 0.254 e. The van der Waals surface area contributed by atoms with Gasteiger partial charge in [-0.15, -0.1) is 0 Å². The number of para-hydroxylation sites is 3. The van der Waals surface area contributed by atoms with E-state index in [0.29, 0.717) is 34.9 Å². The minimum atomic E-state index is 0.0482. The van der Waals surface area contributed by atoms with Crippen LogP contribution in [-0.4, -0.2) is 67.8 Å². The first-order valence-electron chi connectivity index (χ1n) is 29.1. The van der Waals surface area contributed by atoms with Crippen molar-refractivity contribution >= 4 is 39.0 Å². The van der Waals surface area contributed by atoms with Crippen LogP contribution >= 0.6 is 0 Å². The molecule has 0 radical (unpaired) electrons. The minimum Gasteiger partial charge on any atom is -0.384 e. The third-order valence-electron chi connectivity index (χ3n) is 15.7. The van der Waals surface area contributed by atoms with E-state index in [-0.39, 0.29) is 22.4 Å². The van der Waals surface area contributed by atoms with Gasteiger partial charge in [0.15, 0.2) is 5.58 Å². The van der Waals surface area contributed by atoms with Crippen LogP contribution in [0.2, 0.25) is 0 Å². The van der Waals surface area contributed by atoms with E-state index < -0.39 is 0 Å². The highest BCUT2D eigenvalue weighted by molar-refractivity contribution is 5.97. The number of amides is 1. The molecule has 2 N–H and O–H groups in total. The number of nitrogens with one attached hydrogen (secondary N) is 2. The highest BCUT2D eigenvalue weighted by Crippen LogP contribution is 2.42. The van der Waals surface area contributed by atoms with E-state index in [1.54, 1.807) is 6.07 Å². The topological polar surface area (TPSA) is 101 Å². The zero-order chi connectivity index (χ0) is 58.2. The van der Waals surface area contributed by atoms with Crippen LogP contribution in [0.1, 0.15) is 155 Å². The quantitative estimate of drug-likeness (QED) is 0.178. The van der Waals surface area contributed by atoms with E-state index in [9.17, 15) is 9.59 Å². The third-order valence-corrected chi connectivity index (χ3v) is 15.7. The van der Waals surface area contributed by atoms with Crippen LogP contribution in [0.15, 0.2) is 161 Å². The van der Waals surface area contributed by atoms with E-state index in [4.69, 9.17) is 4.52 Å².